The Bertz CT molecular complexity index is 389. The first-order valence-corrected chi connectivity index (χ1v) is 5.52. The van der Waals surface area contributed by atoms with Gasteiger partial charge in [-0.1, -0.05) is 11.6 Å². The highest BCUT2D eigenvalue weighted by Crippen LogP contribution is 2.32. The quantitative estimate of drug-likeness (QED) is 0.341. The second-order valence-electron chi connectivity index (χ2n) is 3.97. The minimum absolute atomic E-state index is 0.325. The Morgan fingerprint density at radius 1 is 1.44 bits per heavy atom. The summed E-state index contributed by atoms with van der Waals surface area (Å²) in [7, 11) is 0. The van der Waals surface area contributed by atoms with Crippen molar-refractivity contribution >= 4 is 23.0 Å². The Labute approximate surface area is 99.5 Å². The lowest BCUT2D eigenvalue weighted by Gasteiger charge is -2.41. The van der Waals surface area contributed by atoms with Crippen LogP contribution in [0, 0.1) is 0 Å². The van der Waals surface area contributed by atoms with Gasteiger partial charge in [0, 0.05) is 41.6 Å². The normalized spacial score (nSPS) is 16.3. The molecule has 0 saturated carbocycles. The van der Waals surface area contributed by atoms with Gasteiger partial charge in [0.1, 0.15) is 0 Å². The summed E-state index contributed by atoms with van der Waals surface area (Å²) in [6.45, 7) is 2.11. The van der Waals surface area contributed by atoms with Crippen LogP contribution in [0.3, 0.4) is 0 Å². The molecule has 1 saturated heterocycles. The van der Waals surface area contributed by atoms with Gasteiger partial charge in [-0.3, -0.25) is 11.3 Å². The molecule has 5 nitrogen and oxygen atoms in total. The lowest BCUT2D eigenvalue weighted by Crippen LogP contribution is -2.60. The molecule has 6 heteroatoms. The molecule has 1 fully saturated rings. The van der Waals surface area contributed by atoms with Crippen LogP contribution in [0.15, 0.2) is 12.1 Å². The summed E-state index contributed by atoms with van der Waals surface area (Å²) in [6.07, 6.45) is 0. The van der Waals surface area contributed by atoms with E-state index in [2.05, 4.69) is 10.3 Å². The SMILES string of the molecule is NCc1c(N)cc(Cl)cc1N1CC(NN)C1. The van der Waals surface area contributed by atoms with Crippen molar-refractivity contribution in [1.82, 2.24) is 5.43 Å². The van der Waals surface area contributed by atoms with E-state index in [-0.39, 0.29) is 0 Å². The van der Waals surface area contributed by atoms with E-state index in [1.165, 1.54) is 0 Å². The second kappa shape index (κ2) is 4.47. The van der Waals surface area contributed by atoms with Gasteiger partial charge in [-0.15, -0.1) is 0 Å². The fourth-order valence-electron chi connectivity index (χ4n) is 1.93. The van der Waals surface area contributed by atoms with Crippen LogP contribution in [0.1, 0.15) is 5.56 Å². The van der Waals surface area contributed by atoms with Gasteiger partial charge in [-0.05, 0) is 12.1 Å². The third-order valence-electron chi connectivity index (χ3n) is 2.89. The van der Waals surface area contributed by atoms with Crippen LogP contribution in [0.2, 0.25) is 5.02 Å². The first kappa shape index (κ1) is 11.5. The Balaban J connectivity index is 2.26. The van der Waals surface area contributed by atoms with Crippen molar-refractivity contribution in [3.8, 4) is 0 Å². The average molecular weight is 242 g/mol. The zero-order chi connectivity index (χ0) is 11.7. The number of halogens is 1. The van der Waals surface area contributed by atoms with Crippen LogP contribution in [-0.4, -0.2) is 19.1 Å². The van der Waals surface area contributed by atoms with E-state index < -0.39 is 0 Å². The molecule has 0 unspecified atom stereocenters. The molecule has 0 amide bonds. The summed E-state index contributed by atoms with van der Waals surface area (Å²) in [5, 5.41) is 0.633. The third kappa shape index (κ3) is 1.94. The molecule has 7 N–H and O–H groups in total. The fourth-order valence-corrected chi connectivity index (χ4v) is 2.15. The predicted octanol–water partition coefficient (Wildman–Crippen LogP) is 0.0328. The first-order chi connectivity index (χ1) is 7.65. The van der Waals surface area contributed by atoms with Gasteiger partial charge in [-0.25, -0.2) is 0 Å². The molecule has 16 heavy (non-hydrogen) atoms. The number of rotatable bonds is 3. The van der Waals surface area contributed by atoms with E-state index in [0.717, 1.165) is 24.3 Å². The number of nitrogens with two attached hydrogens (primary N) is 3. The first-order valence-electron chi connectivity index (χ1n) is 5.14. The van der Waals surface area contributed by atoms with E-state index in [1.54, 1.807) is 6.07 Å². The van der Waals surface area contributed by atoms with Crippen LogP contribution in [0.25, 0.3) is 0 Å². The van der Waals surface area contributed by atoms with Crippen LogP contribution >= 0.6 is 11.6 Å². The molecule has 1 heterocycles. The van der Waals surface area contributed by atoms with Crippen molar-refractivity contribution in [2.45, 2.75) is 12.6 Å². The van der Waals surface area contributed by atoms with Gasteiger partial charge >= 0.3 is 0 Å². The van der Waals surface area contributed by atoms with Gasteiger partial charge < -0.3 is 16.4 Å². The van der Waals surface area contributed by atoms with Crippen molar-refractivity contribution < 1.29 is 0 Å². The van der Waals surface area contributed by atoms with Crippen LogP contribution in [0.5, 0.6) is 0 Å². The van der Waals surface area contributed by atoms with Crippen molar-refractivity contribution in [2.24, 2.45) is 11.6 Å². The van der Waals surface area contributed by atoms with E-state index in [9.17, 15) is 0 Å². The molecule has 1 aliphatic heterocycles. The third-order valence-corrected chi connectivity index (χ3v) is 3.11. The molecule has 88 valence electrons. The minimum Gasteiger partial charge on any atom is -0.398 e. The van der Waals surface area contributed by atoms with Gasteiger partial charge in [0.05, 0.1) is 6.04 Å². The molecule has 0 bridgehead atoms. The second-order valence-corrected chi connectivity index (χ2v) is 4.40. The van der Waals surface area contributed by atoms with Crippen molar-refractivity contribution in [2.75, 3.05) is 23.7 Å². The standard InChI is InChI=1S/C10H16ClN5/c11-6-1-9(13)8(3-12)10(2-6)16-4-7(5-16)15-14/h1-2,7,15H,3-5,12-14H2. The Morgan fingerprint density at radius 3 is 2.69 bits per heavy atom. The zero-order valence-corrected chi connectivity index (χ0v) is 9.67. The summed E-state index contributed by atoms with van der Waals surface area (Å²) in [5.74, 6) is 5.35. The molecule has 1 aromatic carbocycles. The number of nitrogens with one attached hydrogen (secondary N) is 1. The van der Waals surface area contributed by atoms with Gasteiger partial charge in [0.2, 0.25) is 0 Å². The predicted molar refractivity (Wildman–Crippen MR) is 67.1 cm³/mol. The van der Waals surface area contributed by atoms with E-state index in [4.69, 9.17) is 28.9 Å². The number of hydrogen-bond donors (Lipinski definition) is 4. The van der Waals surface area contributed by atoms with Gasteiger partial charge in [-0.2, -0.15) is 0 Å². The highest BCUT2D eigenvalue weighted by Gasteiger charge is 2.27. The molecular formula is C10H16ClN5. The van der Waals surface area contributed by atoms with Crippen LogP contribution in [-0.2, 0) is 6.54 Å². The summed E-state index contributed by atoms with van der Waals surface area (Å²) < 4.78 is 0. The molecule has 0 aliphatic carbocycles. The largest absolute Gasteiger partial charge is 0.398 e. The molecule has 1 aromatic rings. The number of nitrogens with zero attached hydrogens (tertiary/aromatic N) is 1. The number of anilines is 2. The highest BCUT2D eigenvalue weighted by molar-refractivity contribution is 6.31. The molecule has 2 rings (SSSR count). The van der Waals surface area contributed by atoms with Crippen molar-refractivity contribution in [3.63, 3.8) is 0 Å². The van der Waals surface area contributed by atoms with Gasteiger partial charge in [0.15, 0.2) is 0 Å². The fraction of sp³-hybridized carbons (Fsp3) is 0.400. The lowest BCUT2D eigenvalue weighted by atomic mass is 10.0. The van der Waals surface area contributed by atoms with Crippen LogP contribution in [0.4, 0.5) is 11.4 Å². The number of benzene rings is 1. The lowest BCUT2D eigenvalue weighted by molar-refractivity contribution is 0.428. The van der Waals surface area contributed by atoms with E-state index in [1.807, 2.05) is 6.07 Å². The minimum atomic E-state index is 0.325. The highest BCUT2D eigenvalue weighted by atomic mass is 35.5. The summed E-state index contributed by atoms with van der Waals surface area (Å²) in [5.41, 5.74) is 16.9. The monoisotopic (exact) mass is 241 g/mol. The molecule has 0 aromatic heterocycles. The number of hydrogen-bond acceptors (Lipinski definition) is 5. The van der Waals surface area contributed by atoms with Crippen molar-refractivity contribution in [1.29, 1.82) is 0 Å². The maximum absolute atomic E-state index is 5.99. The average Bonchev–Trinajstić information content (AvgIpc) is 2.15. The summed E-state index contributed by atoms with van der Waals surface area (Å²) in [6, 6.07) is 3.95. The number of nitrogen functional groups attached to an aromatic ring is 1. The maximum atomic E-state index is 5.99. The molecule has 0 atom stereocenters. The van der Waals surface area contributed by atoms with Gasteiger partial charge in [0.25, 0.3) is 0 Å². The molecule has 0 spiro atoms. The van der Waals surface area contributed by atoms with E-state index in [0.29, 0.717) is 23.3 Å². The number of hydrazine groups is 1. The van der Waals surface area contributed by atoms with E-state index >= 15 is 0 Å². The Kier molecular flexibility index (Phi) is 3.20. The zero-order valence-electron chi connectivity index (χ0n) is 8.91. The van der Waals surface area contributed by atoms with Crippen LogP contribution < -0.4 is 27.6 Å². The summed E-state index contributed by atoms with van der Waals surface area (Å²) in [4.78, 5) is 2.16. The molecule has 0 radical (unpaired) electrons. The topological polar surface area (TPSA) is 93.3 Å². The Hall–Kier alpha value is -1.01. The Morgan fingerprint density at radius 2 is 2.12 bits per heavy atom. The maximum Gasteiger partial charge on any atom is 0.0560 e. The van der Waals surface area contributed by atoms with Crippen molar-refractivity contribution in [3.05, 3.63) is 22.7 Å². The molecule has 1 aliphatic rings. The smallest absolute Gasteiger partial charge is 0.0560 e. The summed E-state index contributed by atoms with van der Waals surface area (Å²) >= 11 is 5.99. The molecular weight excluding hydrogens is 226 g/mol.